The van der Waals surface area contributed by atoms with Crippen molar-refractivity contribution in [1.82, 2.24) is 14.7 Å². The van der Waals surface area contributed by atoms with Crippen LogP contribution in [0.4, 0.5) is 0 Å². The minimum atomic E-state index is -0.372. The third-order valence-electron chi connectivity index (χ3n) is 3.65. The van der Waals surface area contributed by atoms with Gasteiger partial charge in [0.2, 0.25) is 0 Å². The van der Waals surface area contributed by atoms with Gasteiger partial charge in [-0.25, -0.2) is 0 Å². The highest BCUT2D eigenvalue weighted by atomic mass is 16.5. The summed E-state index contributed by atoms with van der Waals surface area (Å²) in [4.78, 5) is 2.32. The molecule has 108 valence electrons. The zero-order valence-electron chi connectivity index (χ0n) is 12.0. The van der Waals surface area contributed by atoms with Gasteiger partial charge in [-0.2, -0.15) is 5.10 Å². The van der Waals surface area contributed by atoms with Gasteiger partial charge in [-0.15, -0.1) is 0 Å². The van der Waals surface area contributed by atoms with Gasteiger partial charge >= 0.3 is 0 Å². The molecule has 0 aromatic carbocycles. The van der Waals surface area contributed by atoms with Gasteiger partial charge in [0.15, 0.2) is 0 Å². The summed E-state index contributed by atoms with van der Waals surface area (Å²) in [7, 11) is 0. The van der Waals surface area contributed by atoms with Gasteiger partial charge in [0.25, 0.3) is 0 Å². The van der Waals surface area contributed by atoms with E-state index >= 15 is 0 Å². The highest BCUT2D eigenvalue weighted by Crippen LogP contribution is 2.22. The second-order valence-electron chi connectivity index (χ2n) is 5.34. The molecule has 1 aliphatic heterocycles. The Morgan fingerprint density at radius 2 is 2.21 bits per heavy atom. The number of aryl methyl sites for hydroxylation is 1. The molecular weight excluding hydrogens is 242 g/mol. The molecule has 2 rings (SSSR count). The van der Waals surface area contributed by atoms with Crippen molar-refractivity contribution in [1.29, 1.82) is 0 Å². The normalized spacial score (nSPS) is 19.7. The molecule has 2 heterocycles. The van der Waals surface area contributed by atoms with Crippen LogP contribution < -0.4 is 0 Å². The topological polar surface area (TPSA) is 50.5 Å². The molecule has 19 heavy (non-hydrogen) atoms. The quantitative estimate of drug-likeness (QED) is 0.842. The summed E-state index contributed by atoms with van der Waals surface area (Å²) < 4.78 is 7.33. The Hall–Kier alpha value is -0.910. The second-order valence-corrected chi connectivity index (χ2v) is 5.34. The van der Waals surface area contributed by atoms with Crippen LogP contribution in [0.5, 0.6) is 0 Å². The molecule has 5 heteroatoms. The maximum Gasteiger partial charge on any atom is 0.0900 e. The van der Waals surface area contributed by atoms with Gasteiger partial charge in [-0.05, 0) is 32.3 Å². The molecule has 0 amide bonds. The van der Waals surface area contributed by atoms with Gasteiger partial charge in [0.1, 0.15) is 0 Å². The number of likely N-dealkylation sites (tertiary alicyclic amines) is 1. The van der Waals surface area contributed by atoms with E-state index < -0.39 is 0 Å². The van der Waals surface area contributed by atoms with Gasteiger partial charge in [0, 0.05) is 32.4 Å². The molecule has 5 nitrogen and oxygen atoms in total. The summed E-state index contributed by atoms with van der Waals surface area (Å²) in [6.45, 7) is 7.88. The molecule has 0 aliphatic carbocycles. The van der Waals surface area contributed by atoms with E-state index in [1.54, 1.807) is 0 Å². The molecule has 0 bridgehead atoms. The molecule has 1 fully saturated rings. The molecule has 1 aromatic rings. The number of aliphatic hydroxyl groups is 1. The fourth-order valence-electron chi connectivity index (χ4n) is 2.60. The zero-order valence-corrected chi connectivity index (χ0v) is 12.0. The standard InChI is InChI=1S/C14H25N3O2/c1-3-19-11-14(18)10-16-6-4-13(5-7-16)17-9-12(2)8-15-17/h8-9,13-14,18H,3-7,10-11H2,1-2H3/t14-/m0/s1. The van der Waals surface area contributed by atoms with Gasteiger partial charge in [-0.1, -0.05) is 0 Å². The van der Waals surface area contributed by atoms with Crippen molar-refractivity contribution in [3.05, 3.63) is 18.0 Å². The lowest BCUT2D eigenvalue weighted by Crippen LogP contribution is -2.40. The molecule has 0 saturated carbocycles. The van der Waals surface area contributed by atoms with Gasteiger partial charge in [-0.3, -0.25) is 4.68 Å². The highest BCUT2D eigenvalue weighted by Gasteiger charge is 2.22. The average Bonchev–Trinajstić information content (AvgIpc) is 2.84. The monoisotopic (exact) mass is 267 g/mol. The van der Waals surface area contributed by atoms with Crippen molar-refractivity contribution >= 4 is 0 Å². The summed E-state index contributed by atoms with van der Waals surface area (Å²) >= 11 is 0. The Morgan fingerprint density at radius 1 is 1.47 bits per heavy atom. The van der Waals surface area contributed by atoms with E-state index in [0.29, 0.717) is 25.8 Å². The Kier molecular flexibility index (Phi) is 5.36. The van der Waals surface area contributed by atoms with Crippen LogP contribution in [0, 0.1) is 6.92 Å². The molecule has 1 N–H and O–H groups in total. The lowest BCUT2D eigenvalue weighted by atomic mass is 10.0. The maximum atomic E-state index is 9.83. The van der Waals surface area contributed by atoms with Crippen molar-refractivity contribution < 1.29 is 9.84 Å². The summed E-state index contributed by atoms with van der Waals surface area (Å²) in [6.07, 6.45) is 5.86. The largest absolute Gasteiger partial charge is 0.389 e. The Bertz CT molecular complexity index is 373. The number of piperidine rings is 1. The van der Waals surface area contributed by atoms with E-state index in [9.17, 15) is 5.11 Å². The van der Waals surface area contributed by atoms with Crippen LogP contribution in [-0.4, -0.2) is 58.7 Å². The van der Waals surface area contributed by atoms with Crippen LogP contribution in [-0.2, 0) is 4.74 Å². The minimum Gasteiger partial charge on any atom is -0.389 e. The van der Waals surface area contributed by atoms with Crippen LogP contribution in [0.3, 0.4) is 0 Å². The fourth-order valence-corrected chi connectivity index (χ4v) is 2.60. The molecular formula is C14H25N3O2. The van der Waals surface area contributed by atoms with E-state index in [1.165, 1.54) is 5.56 Å². The predicted octanol–water partition coefficient (Wildman–Crippen LogP) is 1.23. The van der Waals surface area contributed by atoms with E-state index in [2.05, 4.69) is 27.8 Å². The SMILES string of the molecule is CCOC[C@@H](O)CN1CCC(n2cc(C)cn2)CC1. The first kappa shape index (κ1) is 14.5. The smallest absolute Gasteiger partial charge is 0.0900 e. The zero-order chi connectivity index (χ0) is 13.7. The van der Waals surface area contributed by atoms with E-state index in [4.69, 9.17) is 4.74 Å². The molecule has 1 saturated heterocycles. The van der Waals surface area contributed by atoms with Crippen molar-refractivity contribution in [2.24, 2.45) is 0 Å². The lowest BCUT2D eigenvalue weighted by molar-refractivity contribution is 0.0147. The van der Waals surface area contributed by atoms with Crippen molar-refractivity contribution in [3.63, 3.8) is 0 Å². The summed E-state index contributed by atoms with van der Waals surface area (Å²) in [6, 6.07) is 0.508. The van der Waals surface area contributed by atoms with Crippen molar-refractivity contribution in [3.8, 4) is 0 Å². The first-order chi connectivity index (χ1) is 9.19. The van der Waals surface area contributed by atoms with Crippen molar-refractivity contribution in [2.75, 3.05) is 32.8 Å². The number of ether oxygens (including phenoxy) is 1. The molecule has 1 aromatic heterocycles. The second kappa shape index (κ2) is 7.03. The number of nitrogens with zero attached hydrogens (tertiary/aromatic N) is 3. The molecule has 1 aliphatic rings. The summed E-state index contributed by atoms with van der Waals surface area (Å²) in [5.74, 6) is 0. The van der Waals surface area contributed by atoms with E-state index in [1.807, 2.05) is 13.1 Å². The molecule has 1 atom stereocenters. The Morgan fingerprint density at radius 3 is 2.79 bits per heavy atom. The van der Waals surface area contributed by atoms with Gasteiger partial charge in [0.05, 0.1) is 24.9 Å². The van der Waals surface area contributed by atoms with Gasteiger partial charge < -0.3 is 14.7 Å². The highest BCUT2D eigenvalue weighted by molar-refractivity contribution is 5.00. The predicted molar refractivity (Wildman–Crippen MR) is 74.2 cm³/mol. The van der Waals surface area contributed by atoms with Crippen molar-refractivity contribution in [2.45, 2.75) is 38.8 Å². The van der Waals surface area contributed by atoms with Crippen LogP contribution in [0.15, 0.2) is 12.4 Å². The summed E-state index contributed by atoms with van der Waals surface area (Å²) in [5, 5.41) is 14.2. The minimum absolute atomic E-state index is 0.372. The third kappa shape index (κ3) is 4.30. The lowest BCUT2D eigenvalue weighted by Gasteiger charge is -2.33. The van der Waals surface area contributed by atoms with Crippen LogP contribution in [0.25, 0.3) is 0 Å². The third-order valence-corrected chi connectivity index (χ3v) is 3.65. The number of hydrogen-bond acceptors (Lipinski definition) is 4. The fraction of sp³-hybridized carbons (Fsp3) is 0.786. The molecule has 0 radical (unpaired) electrons. The number of aromatic nitrogens is 2. The Labute approximate surface area is 115 Å². The Balaban J connectivity index is 1.73. The molecule has 0 spiro atoms. The number of β-amino-alcohol motifs (C(OH)–C–C–N with tert-alkyl or cyclic N) is 1. The van der Waals surface area contributed by atoms with E-state index in [-0.39, 0.29) is 6.10 Å². The summed E-state index contributed by atoms with van der Waals surface area (Å²) in [5.41, 5.74) is 1.22. The van der Waals surface area contributed by atoms with Crippen LogP contribution in [0.1, 0.15) is 31.4 Å². The number of aliphatic hydroxyl groups excluding tert-OH is 1. The first-order valence-electron chi connectivity index (χ1n) is 7.18. The van der Waals surface area contributed by atoms with Crippen LogP contribution >= 0.6 is 0 Å². The maximum absolute atomic E-state index is 9.83. The number of rotatable bonds is 6. The van der Waals surface area contributed by atoms with E-state index in [0.717, 1.165) is 25.9 Å². The average molecular weight is 267 g/mol. The number of hydrogen-bond donors (Lipinski definition) is 1. The first-order valence-corrected chi connectivity index (χ1v) is 7.18. The molecule has 0 unspecified atom stereocenters. The van der Waals surface area contributed by atoms with Crippen LogP contribution in [0.2, 0.25) is 0 Å².